The van der Waals surface area contributed by atoms with Gasteiger partial charge >= 0.3 is 12.1 Å². The van der Waals surface area contributed by atoms with Gasteiger partial charge in [-0.3, -0.25) is 14.6 Å². The monoisotopic (exact) mass is 254 g/mol. The highest BCUT2D eigenvalue weighted by molar-refractivity contribution is 6.01. The summed E-state index contributed by atoms with van der Waals surface area (Å²) in [6.45, 7) is 4.58. The molecule has 5 amide bonds. The van der Waals surface area contributed by atoms with E-state index in [2.05, 4.69) is 6.58 Å². The van der Waals surface area contributed by atoms with Gasteiger partial charge < -0.3 is 9.80 Å². The molecule has 2 aliphatic heterocycles. The number of hydrogen-bond acceptors (Lipinski definition) is 3. The summed E-state index contributed by atoms with van der Waals surface area (Å²) in [6, 6.07) is -0.194. The van der Waals surface area contributed by atoms with E-state index < -0.39 is 0 Å². The van der Waals surface area contributed by atoms with Crippen LogP contribution < -0.4 is 0 Å². The van der Waals surface area contributed by atoms with Crippen LogP contribution in [0.4, 0.5) is 9.59 Å². The molecule has 100 valence electrons. The van der Waals surface area contributed by atoms with Crippen molar-refractivity contribution in [3.05, 3.63) is 12.3 Å². The second kappa shape index (κ2) is 5.07. The quantitative estimate of drug-likeness (QED) is 0.572. The molecule has 0 aromatic heterocycles. The Morgan fingerprint density at radius 1 is 0.833 bits per heavy atom. The molecule has 2 fully saturated rings. The predicted molar refractivity (Wildman–Crippen MR) is 65.7 cm³/mol. The van der Waals surface area contributed by atoms with Crippen molar-refractivity contribution in [1.29, 1.82) is 0 Å². The highest BCUT2D eigenvalue weighted by Gasteiger charge is 2.29. The van der Waals surface area contributed by atoms with Crippen LogP contribution in [0.25, 0.3) is 0 Å². The summed E-state index contributed by atoms with van der Waals surface area (Å²) in [6.07, 6.45) is 0. The van der Waals surface area contributed by atoms with Gasteiger partial charge in [-0.1, -0.05) is 6.58 Å². The number of urea groups is 2. The first kappa shape index (κ1) is 14.0. The Morgan fingerprint density at radius 3 is 1.39 bits per heavy atom. The van der Waals surface area contributed by atoms with E-state index >= 15 is 0 Å². The molecule has 0 unspecified atom stereocenters. The smallest absolute Gasteiger partial charge is 0.322 e. The van der Waals surface area contributed by atoms with Gasteiger partial charge in [-0.2, -0.15) is 0 Å². The number of carbonyl (C=O) groups is 3. The number of carbonyl (C=O) groups excluding carboxylic acids is 3. The minimum atomic E-state index is -0.222. The highest BCUT2D eigenvalue weighted by atomic mass is 16.2. The molecule has 0 aromatic carbocycles. The van der Waals surface area contributed by atoms with E-state index in [1.807, 2.05) is 0 Å². The van der Waals surface area contributed by atoms with Gasteiger partial charge in [0.2, 0.25) is 5.91 Å². The second-order valence-electron chi connectivity index (χ2n) is 4.36. The first-order chi connectivity index (χ1) is 8.25. The lowest BCUT2D eigenvalue weighted by atomic mass is 10.5. The molecule has 0 radical (unpaired) electrons. The van der Waals surface area contributed by atoms with Crippen molar-refractivity contribution in [1.82, 2.24) is 19.6 Å². The number of likely N-dealkylation sites (N-methyl/N-ethyl adjacent to an activating group) is 4. The standard InChI is InChI=1S/C6H10N2O.C5H8N2O2/c1-5-4-7(2)6(9)8(5)3;1-6-3-4(8)7(2)5(6)9/h1,4H2,2-3H3;3H2,1-2H3. The van der Waals surface area contributed by atoms with Crippen molar-refractivity contribution >= 4 is 18.0 Å². The van der Waals surface area contributed by atoms with Gasteiger partial charge in [0, 0.05) is 33.9 Å². The fourth-order valence-electron chi connectivity index (χ4n) is 1.58. The van der Waals surface area contributed by atoms with Crippen molar-refractivity contribution < 1.29 is 14.4 Å². The molecule has 0 N–H and O–H groups in total. The average molecular weight is 254 g/mol. The number of hydrogen-bond donors (Lipinski definition) is 0. The molecule has 0 aliphatic carbocycles. The molecule has 7 nitrogen and oxygen atoms in total. The van der Waals surface area contributed by atoms with Gasteiger partial charge in [-0.25, -0.2) is 9.59 Å². The fourth-order valence-corrected chi connectivity index (χ4v) is 1.58. The third-order valence-corrected chi connectivity index (χ3v) is 2.87. The Hall–Kier alpha value is -2.05. The van der Waals surface area contributed by atoms with Crippen LogP contribution in [0.3, 0.4) is 0 Å². The van der Waals surface area contributed by atoms with E-state index in [1.165, 1.54) is 11.9 Å². The van der Waals surface area contributed by atoms with Crippen LogP contribution in [-0.4, -0.2) is 78.8 Å². The molecule has 2 heterocycles. The second-order valence-corrected chi connectivity index (χ2v) is 4.36. The van der Waals surface area contributed by atoms with E-state index in [1.54, 1.807) is 30.9 Å². The van der Waals surface area contributed by atoms with Gasteiger partial charge in [-0.15, -0.1) is 0 Å². The zero-order valence-electron chi connectivity index (χ0n) is 11.1. The Balaban J connectivity index is 0.000000180. The van der Waals surface area contributed by atoms with Gasteiger partial charge in [0.15, 0.2) is 0 Å². The van der Waals surface area contributed by atoms with E-state index in [0.29, 0.717) is 6.54 Å². The van der Waals surface area contributed by atoms with Gasteiger partial charge in [0.1, 0.15) is 6.54 Å². The number of amides is 5. The lowest BCUT2D eigenvalue weighted by Crippen LogP contribution is -2.27. The maximum atomic E-state index is 10.9. The molecule has 2 aliphatic rings. The summed E-state index contributed by atoms with van der Waals surface area (Å²) in [7, 11) is 6.57. The first-order valence-corrected chi connectivity index (χ1v) is 5.44. The van der Waals surface area contributed by atoms with Gasteiger partial charge in [0.05, 0.1) is 6.54 Å². The zero-order chi connectivity index (χ0) is 14.0. The summed E-state index contributed by atoms with van der Waals surface area (Å²) < 4.78 is 0. The largest absolute Gasteiger partial charge is 0.326 e. The molecule has 7 heteroatoms. The maximum absolute atomic E-state index is 10.9. The Labute approximate surface area is 106 Å². The van der Waals surface area contributed by atoms with Crippen LogP contribution in [0.5, 0.6) is 0 Å². The highest BCUT2D eigenvalue weighted by Crippen LogP contribution is 2.11. The van der Waals surface area contributed by atoms with Gasteiger partial charge in [-0.05, 0) is 0 Å². The van der Waals surface area contributed by atoms with E-state index in [4.69, 9.17) is 0 Å². The number of imide groups is 1. The molecular weight excluding hydrogens is 236 g/mol. The van der Waals surface area contributed by atoms with Crippen molar-refractivity contribution in [2.45, 2.75) is 0 Å². The summed E-state index contributed by atoms with van der Waals surface area (Å²) in [5, 5.41) is 0. The molecule has 0 saturated carbocycles. The molecule has 2 saturated heterocycles. The molecule has 2 rings (SSSR count). The summed E-state index contributed by atoms with van der Waals surface area (Å²) in [4.78, 5) is 38.0. The molecular formula is C11H18N4O3. The molecule has 18 heavy (non-hydrogen) atoms. The summed E-state index contributed by atoms with van der Waals surface area (Å²) in [5.41, 5.74) is 0.863. The first-order valence-electron chi connectivity index (χ1n) is 5.44. The van der Waals surface area contributed by atoms with Crippen molar-refractivity contribution in [3.63, 3.8) is 0 Å². The third kappa shape index (κ3) is 2.61. The van der Waals surface area contributed by atoms with Crippen LogP contribution in [0.2, 0.25) is 0 Å². The van der Waals surface area contributed by atoms with E-state index in [9.17, 15) is 14.4 Å². The lowest BCUT2D eigenvalue weighted by molar-refractivity contribution is -0.124. The Kier molecular flexibility index (Phi) is 3.95. The average Bonchev–Trinajstić information content (AvgIpc) is 2.66. The summed E-state index contributed by atoms with van der Waals surface area (Å²) in [5.74, 6) is -0.137. The van der Waals surface area contributed by atoms with Crippen LogP contribution >= 0.6 is 0 Å². The van der Waals surface area contributed by atoms with Crippen LogP contribution in [0.15, 0.2) is 12.3 Å². The van der Waals surface area contributed by atoms with Gasteiger partial charge in [0.25, 0.3) is 0 Å². The number of nitrogens with zero attached hydrogens (tertiary/aromatic N) is 4. The number of rotatable bonds is 0. The maximum Gasteiger partial charge on any atom is 0.326 e. The van der Waals surface area contributed by atoms with E-state index in [-0.39, 0.29) is 24.5 Å². The van der Waals surface area contributed by atoms with E-state index in [0.717, 1.165) is 10.6 Å². The van der Waals surface area contributed by atoms with Crippen molar-refractivity contribution in [3.8, 4) is 0 Å². The minimum Gasteiger partial charge on any atom is -0.322 e. The minimum absolute atomic E-state index is 0.0278. The SMILES string of the molecule is C=C1CN(C)C(=O)N1C.CN1CC(=O)N(C)C1=O. The predicted octanol–water partition coefficient (Wildman–Crippen LogP) is 0.00750. The zero-order valence-corrected chi connectivity index (χ0v) is 11.1. The topological polar surface area (TPSA) is 64.2 Å². The molecule has 0 bridgehead atoms. The molecule has 0 spiro atoms. The Bertz CT molecular complexity index is 369. The fraction of sp³-hybridized carbons (Fsp3) is 0.545. The molecule has 0 atom stereocenters. The van der Waals surface area contributed by atoms with Crippen molar-refractivity contribution in [2.75, 3.05) is 41.3 Å². The van der Waals surface area contributed by atoms with Crippen molar-refractivity contribution in [2.24, 2.45) is 0 Å². The molecule has 0 aromatic rings. The third-order valence-electron chi connectivity index (χ3n) is 2.87. The normalized spacial score (nSPS) is 19.8. The van der Waals surface area contributed by atoms with Crippen LogP contribution in [0, 0.1) is 0 Å². The lowest BCUT2D eigenvalue weighted by Gasteiger charge is -2.07. The Morgan fingerprint density at radius 2 is 1.28 bits per heavy atom. The van der Waals surface area contributed by atoms with Crippen LogP contribution in [-0.2, 0) is 4.79 Å². The summed E-state index contributed by atoms with van der Waals surface area (Å²) >= 11 is 0. The van der Waals surface area contributed by atoms with Crippen LogP contribution in [0.1, 0.15) is 0 Å².